The minimum absolute atomic E-state index is 0.677. The van der Waals surface area contributed by atoms with Gasteiger partial charge < -0.3 is 0 Å². The lowest BCUT2D eigenvalue weighted by Crippen LogP contribution is -2.54. The third-order valence-electron chi connectivity index (χ3n) is 12.7. The van der Waals surface area contributed by atoms with Gasteiger partial charge in [0.2, 0.25) is 0 Å². The Morgan fingerprint density at radius 3 is 0.960 bits per heavy atom. The number of thiophene rings is 2. The quantitative estimate of drug-likeness (QED) is 0.142. The van der Waals surface area contributed by atoms with E-state index in [2.05, 4.69) is 192 Å². The maximum atomic E-state index is 2.67. The van der Waals surface area contributed by atoms with Crippen LogP contribution in [-0.4, -0.2) is 16.1 Å². The van der Waals surface area contributed by atoms with E-state index in [1.807, 2.05) is 0 Å². The molecule has 2 heterocycles. The molecule has 0 saturated heterocycles. The number of hydrogen-bond donors (Lipinski definition) is 0. The molecule has 6 rings (SSSR count). The average Bonchev–Trinajstić information content (AvgIpc) is 3.79. The summed E-state index contributed by atoms with van der Waals surface area (Å²) in [4.78, 5) is 2.98. The predicted molar refractivity (Wildman–Crippen MR) is 233 cm³/mol. The van der Waals surface area contributed by atoms with Crippen LogP contribution in [0.1, 0.15) is 126 Å². The molecule has 0 fully saturated rings. The summed E-state index contributed by atoms with van der Waals surface area (Å²) in [6.07, 6.45) is 5.12. The molecule has 264 valence electrons. The zero-order valence-corrected chi connectivity index (χ0v) is 36.8. The van der Waals surface area contributed by atoms with E-state index in [9.17, 15) is 0 Å². The van der Waals surface area contributed by atoms with Crippen LogP contribution in [0.5, 0.6) is 0 Å². The lowest BCUT2D eigenvalue weighted by molar-refractivity contribution is 0.837. The molecular weight excluding hydrogens is 673 g/mol. The van der Waals surface area contributed by atoms with Crippen molar-refractivity contribution in [2.75, 3.05) is 0 Å². The summed E-state index contributed by atoms with van der Waals surface area (Å²) in [6, 6.07) is 23.9. The average molecular weight is 733 g/mol. The van der Waals surface area contributed by atoms with Crippen LogP contribution in [0.3, 0.4) is 0 Å². The lowest BCUT2D eigenvalue weighted by atomic mass is 10.0. The van der Waals surface area contributed by atoms with E-state index >= 15 is 0 Å². The molecular formula is C46H60S2Si2. The predicted octanol–water partition coefficient (Wildman–Crippen LogP) is 14.0. The third-order valence-corrected chi connectivity index (χ3v) is 30.9. The van der Waals surface area contributed by atoms with E-state index in [1.165, 1.54) is 65.4 Å². The zero-order valence-electron chi connectivity index (χ0n) is 33.2. The van der Waals surface area contributed by atoms with Crippen LogP contribution in [0.25, 0.3) is 22.3 Å². The van der Waals surface area contributed by atoms with Crippen molar-refractivity contribution in [3.8, 4) is 0 Å². The van der Waals surface area contributed by atoms with Crippen LogP contribution in [0, 0.1) is 13.8 Å². The first-order chi connectivity index (χ1) is 23.6. The van der Waals surface area contributed by atoms with Crippen molar-refractivity contribution in [1.29, 1.82) is 0 Å². The minimum Gasteiger partial charge on any atom is -0.144 e. The topological polar surface area (TPSA) is 0 Å². The minimum atomic E-state index is -1.85. The molecule has 0 bridgehead atoms. The SMILES string of the molecule is Cc1ccc(C2=C/C(=C3\C=C(c4ccc(C)cc4)c4cc([Si](C(C)C)(C(C)C)C(C)C)sc43)c3sc([Si](C(C)C)(C(C)C)C(C)C)cc32)cc1. The number of allylic oxidation sites excluding steroid dienone is 4. The van der Waals surface area contributed by atoms with Gasteiger partial charge in [-0.3, -0.25) is 0 Å². The number of fused-ring (bicyclic) bond motifs is 2. The highest BCUT2D eigenvalue weighted by Gasteiger charge is 2.48. The number of aryl methyl sites for hydroxylation is 2. The largest absolute Gasteiger partial charge is 0.144 e. The molecule has 0 atom stereocenters. The van der Waals surface area contributed by atoms with E-state index < -0.39 is 16.1 Å². The molecule has 0 radical (unpaired) electrons. The Morgan fingerprint density at radius 2 is 0.700 bits per heavy atom. The summed E-state index contributed by atoms with van der Waals surface area (Å²) >= 11 is 4.29. The third kappa shape index (κ3) is 5.72. The molecule has 0 unspecified atom stereocenters. The fourth-order valence-electron chi connectivity index (χ4n) is 10.6. The van der Waals surface area contributed by atoms with Crippen LogP contribution in [0.15, 0.2) is 72.8 Å². The second-order valence-electron chi connectivity index (χ2n) is 17.2. The van der Waals surface area contributed by atoms with Gasteiger partial charge in [0.25, 0.3) is 0 Å². The van der Waals surface area contributed by atoms with Gasteiger partial charge in [-0.15, -0.1) is 22.7 Å². The molecule has 0 spiro atoms. The monoisotopic (exact) mass is 732 g/mol. The van der Waals surface area contributed by atoms with Crippen molar-refractivity contribution in [3.63, 3.8) is 0 Å². The van der Waals surface area contributed by atoms with Gasteiger partial charge in [-0.2, -0.15) is 0 Å². The van der Waals surface area contributed by atoms with Crippen molar-refractivity contribution in [1.82, 2.24) is 0 Å². The van der Waals surface area contributed by atoms with Crippen molar-refractivity contribution in [3.05, 3.63) is 116 Å². The summed E-state index contributed by atoms with van der Waals surface area (Å²) < 4.78 is 3.38. The van der Waals surface area contributed by atoms with Gasteiger partial charge in [-0.05, 0) is 103 Å². The van der Waals surface area contributed by atoms with Gasteiger partial charge in [0.05, 0.1) is 0 Å². The van der Waals surface area contributed by atoms with Crippen molar-refractivity contribution in [2.24, 2.45) is 0 Å². The van der Waals surface area contributed by atoms with Gasteiger partial charge in [0.1, 0.15) is 16.1 Å². The van der Waals surface area contributed by atoms with E-state index in [1.54, 1.807) is 9.00 Å². The van der Waals surface area contributed by atoms with Gasteiger partial charge >= 0.3 is 0 Å². The standard InChI is InChI=1S/C46H60S2Si2/c1-27(2)49(28(3)4,29(5)6)43-25-41-37(35-19-15-33(13)16-20-35)23-39(45(41)47-43)40-24-38(36-21-17-34(14)18-22-36)42-26-44(48-46(40)42)50(30(7)8,31(9)10)32(11)12/h15-32H,1-14H3/b40-39-. The van der Waals surface area contributed by atoms with Crippen molar-refractivity contribution in [2.45, 2.75) is 130 Å². The molecule has 2 aliphatic rings. The summed E-state index contributed by atoms with van der Waals surface area (Å²) in [5.74, 6) is 0. The maximum Gasteiger partial charge on any atom is 0.107 e. The molecule has 0 aliphatic heterocycles. The highest BCUT2D eigenvalue weighted by molar-refractivity contribution is 7.30. The van der Waals surface area contributed by atoms with E-state index in [0.717, 1.165) is 0 Å². The van der Waals surface area contributed by atoms with E-state index in [4.69, 9.17) is 0 Å². The smallest absolute Gasteiger partial charge is 0.107 e. The molecule has 50 heavy (non-hydrogen) atoms. The molecule has 0 N–H and O–H groups in total. The molecule has 2 aliphatic carbocycles. The molecule has 4 aromatic rings. The second-order valence-corrected chi connectivity index (χ2v) is 31.7. The zero-order chi connectivity index (χ0) is 36.4. The summed E-state index contributed by atoms with van der Waals surface area (Å²) in [5, 5.41) is 0. The number of hydrogen-bond acceptors (Lipinski definition) is 2. The van der Waals surface area contributed by atoms with Crippen LogP contribution in [0.2, 0.25) is 33.2 Å². The highest BCUT2D eigenvalue weighted by Crippen LogP contribution is 2.54. The first-order valence-corrected chi connectivity index (χ1v) is 25.3. The first-order valence-electron chi connectivity index (χ1n) is 19.2. The van der Waals surface area contributed by atoms with Crippen LogP contribution in [-0.2, 0) is 0 Å². The maximum absolute atomic E-state index is 2.67. The normalized spacial score (nSPS) is 16.5. The van der Waals surface area contributed by atoms with Crippen LogP contribution in [0.4, 0.5) is 0 Å². The Labute approximate surface area is 314 Å². The molecule has 2 aromatic carbocycles. The first kappa shape index (κ1) is 37.3. The highest BCUT2D eigenvalue weighted by atomic mass is 32.1. The Morgan fingerprint density at radius 1 is 0.420 bits per heavy atom. The van der Waals surface area contributed by atoms with Crippen molar-refractivity contribution < 1.29 is 0 Å². The Hall–Kier alpha value is -2.51. The van der Waals surface area contributed by atoms with E-state index in [0.29, 0.717) is 33.2 Å². The molecule has 4 heteroatoms. The van der Waals surface area contributed by atoms with Gasteiger partial charge in [0.15, 0.2) is 0 Å². The van der Waals surface area contributed by atoms with E-state index in [-0.39, 0.29) is 0 Å². The van der Waals surface area contributed by atoms with Gasteiger partial charge in [-0.1, -0.05) is 143 Å². The molecule has 0 saturated carbocycles. The second kappa shape index (κ2) is 13.8. The number of benzene rings is 2. The summed E-state index contributed by atoms with van der Waals surface area (Å²) in [5.41, 5.74) is 18.0. The fourth-order valence-corrected chi connectivity index (χ4v) is 31.0. The lowest BCUT2D eigenvalue weighted by Gasteiger charge is -2.42. The van der Waals surface area contributed by atoms with Gasteiger partial charge in [0, 0.05) is 32.0 Å². The van der Waals surface area contributed by atoms with Crippen LogP contribution >= 0.6 is 22.7 Å². The Bertz CT molecular complexity index is 1780. The van der Waals surface area contributed by atoms with Crippen LogP contribution < -0.4 is 9.00 Å². The van der Waals surface area contributed by atoms with Gasteiger partial charge in [-0.25, -0.2) is 0 Å². The molecule has 0 nitrogen and oxygen atoms in total. The molecule has 2 aromatic heterocycles. The summed E-state index contributed by atoms with van der Waals surface area (Å²) in [6.45, 7) is 34.5. The summed E-state index contributed by atoms with van der Waals surface area (Å²) in [7, 11) is -3.69. The van der Waals surface area contributed by atoms with Crippen molar-refractivity contribution >= 4 is 70.1 Å². The fraction of sp³-hybridized carbons (Fsp3) is 0.435. The Kier molecular flexibility index (Phi) is 10.3. The molecule has 0 amide bonds. The Balaban J connectivity index is 1.69. The number of rotatable bonds is 10.